The van der Waals surface area contributed by atoms with Crippen LogP contribution in [0.3, 0.4) is 0 Å². The third kappa shape index (κ3) is 12.0. The number of rotatable bonds is 12. The molecule has 3 amide bonds. The van der Waals surface area contributed by atoms with Gasteiger partial charge in [-0.2, -0.15) is 0 Å². The molecule has 0 aliphatic carbocycles. The van der Waals surface area contributed by atoms with Gasteiger partial charge in [0.15, 0.2) is 0 Å². The van der Waals surface area contributed by atoms with Gasteiger partial charge in [0.2, 0.25) is 18.2 Å². The van der Waals surface area contributed by atoms with E-state index in [1.165, 1.54) is 7.11 Å². The number of nitrogens with one attached hydrogen (secondary N) is 3. The van der Waals surface area contributed by atoms with Crippen LogP contribution < -0.4 is 16.0 Å². The molecule has 144 valence electrons. The second-order valence-electron chi connectivity index (χ2n) is 6.74. The molecule has 0 bridgehead atoms. The van der Waals surface area contributed by atoms with Crippen LogP contribution in [0.5, 0.6) is 0 Å². The van der Waals surface area contributed by atoms with Crippen LogP contribution in [-0.2, 0) is 23.9 Å². The van der Waals surface area contributed by atoms with E-state index in [4.69, 9.17) is 0 Å². The summed E-state index contributed by atoms with van der Waals surface area (Å²) in [6.07, 6.45) is 1.58. The van der Waals surface area contributed by atoms with E-state index >= 15 is 0 Å². The lowest BCUT2D eigenvalue weighted by Crippen LogP contribution is -2.43. The molecule has 0 aromatic heterocycles. The molecule has 3 N–H and O–H groups in total. The monoisotopic (exact) mass is 357 g/mol. The van der Waals surface area contributed by atoms with Gasteiger partial charge in [-0.05, 0) is 26.2 Å². The number of esters is 1. The first-order valence-corrected chi connectivity index (χ1v) is 8.53. The smallest absolute Gasteiger partial charge is 0.307 e. The average molecular weight is 357 g/mol. The topological polar surface area (TPSA) is 114 Å². The van der Waals surface area contributed by atoms with Crippen LogP contribution in [0, 0.1) is 5.92 Å². The van der Waals surface area contributed by atoms with E-state index in [-0.39, 0.29) is 55.2 Å². The molecule has 0 radical (unpaired) electrons. The van der Waals surface area contributed by atoms with Crippen molar-refractivity contribution in [2.75, 3.05) is 7.11 Å². The lowest BCUT2D eigenvalue weighted by molar-refractivity contribution is -0.141. The van der Waals surface area contributed by atoms with Crippen molar-refractivity contribution in [3.05, 3.63) is 0 Å². The van der Waals surface area contributed by atoms with Gasteiger partial charge in [-0.3, -0.25) is 19.2 Å². The summed E-state index contributed by atoms with van der Waals surface area (Å²) in [4.78, 5) is 45.7. The van der Waals surface area contributed by atoms with E-state index in [1.807, 2.05) is 13.8 Å². The maximum Gasteiger partial charge on any atom is 0.307 e. The molecule has 0 heterocycles. The molecular formula is C17H31N3O5. The SMILES string of the molecule is COC(=O)C[C@H](CC(C)C)NC(=O)C[C@H](C)NC(=O)C[C@H](C)NC=O. The van der Waals surface area contributed by atoms with Crippen LogP contribution in [0.1, 0.15) is 53.4 Å². The number of methoxy groups -OCH3 is 1. The number of carbonyl (C=O) groups excluding carboxylic acids is 4. The molecule has 0 unspecified atom stereocenters. The van der Waals surface area contributed by atoms with Gasteiger partial charge in [-0.25, -0.2) is 0 Å². The fourth-order valence-corrected chi connectivity index (χ4v) is 2.45. The fraction of sp³-hybridized carbons (Fsp3) is 0.765. The van der Waals surface area contributed by atoms with Crippen LogP contribution in [-0.4, -0.2) is 49.4 Å². The Morgan fingerprint density at radius 3 is 2.00 bits per heavy atom. The number of hydrogen-bond donors (Lipinski definition) is 3. The Labute approximate surface area is 149 Å². The number of ether oxygens (including phenoxy) is 1. The summed E-state index contributed by atoms with van der Waals surface area (Å²) in [6.45, 7) is 7.46. The molecule has 0 aromatic carbocycles. The summed E-state index contributed by atoms with van der Waals surface area (Å²) in [7, 11) is 1.31. The Morgan fingerprint density at radius 2 is 1.48 bits per heavy atom. The Hall–Kier alpha value is -2.12. The standard InChI is InChI=1S/C17H31N3O5/c1-11(2)6-14(9-17(24)25-5)20-16(23)8-13(4)19-15(22)7-12(3)18-10-21/h10-14H,6-9H2,1-5H3,(H,18,21)(H,19,22)(H,20,23)/t12-,13-,14-/m0/s1. The van der Waals surface area contributed by atoms with Gasteiger partial charge in [0.25, 0.3) is 0 Å². The molecule has 25 heavy (non-hydrogen) atoms. The lowest BCUT2D eigenvalue weighted by atomic mass is 10.0. The first-order valence-electron chi connectivity index (χ1n) is 8.53. The number of carbonyl (C=O) groups is 4. The highest BCUT2D eigenvalue weighted by molar-refractivity contribution is 5.80. The number of hydrogen-bond acceptors (Lipinski definition) is 5. The van der Waals surface area contributed by atoms with E-state index in [0.29, 0.717) is 18.7 Å². The average Bonchev–Trinajstić information content (AvgIpc) is 2.45. The second kappa shape index (κ2) is 12.3. The molecule has 0 spiro atoms. The Morgan fingerprint density at radius 1 is 0.920 bits per heavy atom. The molecule has 8 heteroatoms. The van der Waals surface area contributed by atoms with Gasteiger partial charge < -0.3 is 20.7 Å². The fourth-order valence-electron chi connectivity index (χ4n) is 2.45. The van der Waals surface area contributed by atoms with Crippen molar-refractivity contribution in [2.45, 2.75) is 71.5 Å². The zero-order chi connectivity index (χ0) is 19.4. The molecule has 0 fully saturated rings. The predicted molar refractivity (Wildman–Crippen MR) is 93.5 cm³/mol. The van der Waals surface area contributed by atoms with Crippen LogP contribution in [0.4, 0.5) is 0 Å². The summed E-state index contributed by atoms with van der Waals surface area (Å²) < 4.78 is 4.66. The molecule has 3 atom stereocenters. The van der Waals surface area contributed by atoms with Crippen LogP contribution in [0.15, 0.2) is 0 Å². The van der Waals surface area contributed by atoms with Gasteiger partial charge in [0.1, 0.15) is 0 Å². The Bertz CT molecular complexity index is 454. The van der Waals surface area contributed by atoms with Crippen molar-refractivity contribution in [3.8, 4) is 0 Å². The van der Waals surface area contributed by atoms with Gasteiger partial charge in [-0.15, -0.1) is 0 Å². The van der Waals surface area contributed by atoms with Crippen LogP contribution >= 0.6 is 0 Å². The van der Waals surface area contributed by atoms with Crippen molar-refractivity contribution < 1.29 is 23.9 Å². The summed E-state index contributed by atoms with van der Waals surface area (Å²) in [5.41, 5.74) is 0. The normalized spacial score (nSPS) is 14.2. The molecule has 0 aliphatic rings. The molecule has 0 rings (SSSR count). The van der Waals surface area contributed by atoms with Gasteiger partial charge >= 0.3 is 5.97 Å². The van der Waals surface area contributed by atoms with E-state index in [9.17, 15) is 19.2 Å². The Kier molecular flexibility index (Phi) is 11.2. The highest BCUT2D eigenvalue weighted by Crippen LogP contribution is 2.09. The lowest BCUT2D eigenvalue weighted by Gasteiger charge is -2.21. The minimum absolute atomic E-state index is 0.108. The van der Waals surface area contributed by atoms with Crippen molar-refractivity contribution in [1.82, 2.24) is 16.0 Å². The van der Waals surface area contributed by atoms with Gasteiger partial charge in [-0.1, -0.05) is 13.8 Å². The molecule has 8 nitrogen and oxygen atoms in total. The summed E-state index contributed by atoms with van der Waals surface area (Å²) in [5.74, 6) is -0.528. The van der Waals surface area contributed by atoms with E-state index in [0.717, 1.165) is 0 Å². The largest absolute Gasteiger partial charge is 0.469 e. The van der Waals surface area contributed by atoms with Crippen LogP contribution in [0.25, 0.3) is 0 Å². The first-order chi connectivity index (χ1) is 11.7. The van der Waals surface area contributed by atoms with Crippen LogP contribution in [0.2, 0.25) is 0 Å². The second-order valence-corrected chi connectivity index (χ2v) is 6.74. The molecule has 0 saturated carbocycles. The van der Waals surface area contributed by atoms with E-state index in [2.05, 4.69) is 20.7 Å². The van der Waals surface area contributed by atoms with E-state index in [1.54, 1.807) is 13.8 Å². The summed E-state index contributed by atoms with van der Waals surface area (Å²) >= 11 is 0. The maximum absolute atomic E-state index is 12.1. The summed E-state index contributed by atoms with van der Waals surface area (Å²) in [6, 6.07) is -0.914. The first kappa shape index (κ1) is 22.9. The predicted octanol–water partition coefficient (Wildman–Crippen LogP) is 0.500. The van der Waals surface area contributed by atoms with E-state index < -0.39 is 0 Å². The van der Waals surface area contributed by atoms with Crippen molar-refractivity contribution in [1.29, 1.82) is 0 Å². The van der Waals surface area contributed by atoms with Crippen molar-refractivity contribution in [3.63, 3.8) is 0 Å². The number of amides is 3. The minimum atomic E-state index is -0.371. The summed E-state index contributed by atoms with van der Waals surface area (Å²) in [5, 5.41) is 8.04. The zero-order valence-electron chi connectivity index (χ0n) is 15.8. The van der Waals surface area contributed by atoms with Gasteiger partial charge in [0, 0.05) is 31.0 Å². The third-order valence-corrected chi connectivity index (χ3v) is 3.50. The highest BCUT2D eigenvalue weighted by Gasteiger charge is 2.20. The maximum atomic E-state index is 12.1. The Balaban J connectivity index is 4.40. The molecular weight excluding hydrogens is 326 g/mol. The molecule has 0 aromatic rings. The van der Waals surface area contributed by atoms with Crippen molar-refractivity contribution >= 4 is 24.2 Å². The zero-order valence-corrected chi connectivity index (χ0v) is 15.8. The van der Waals surface area contributed by atoms with Gasteiger partial charge in [0.05, 0.1) is 13.5 Å². The van der Waals surface area contributed by atoms with Crippen molar-refractivity contribution in [2.24, 2.45) is 5.92 Å². The quantitative estimate of drug-likeness (QED) is 0.348. The minimum Gasteiger partial charge on any atom is -0.469 e. The third-order valence-electron chi connectivity index (χ3n) is 3.50. The highest BCUT2D eigenvalue weighted by atomic mass is 16.5. The molecule has 0 saturated heterocycles. The molecule has 0 aliphatic heterocycles.